The molecule has 3 nitrogen and oxygen atoms in total. The molecule has 0 aliphatic heterocycles. The maximum Gasteiger partial charge on any atom is 0.416 e. The molecule has 0 atom stereocenters. The van der Waals surface area contributed by atoms with Crippen LogP contribution in [-0.4, -0.2) is 11.7 Å². The third kappa shape index (κ3) is 10.9. The van der Waals surface area contributed by atoms with E-state index in [4.69, 9.17) is 5.11 Å². The number of benzene rings is 2. The lowest BCUT2D eigenvalue weighted by molar-refractivity contribution is -0.143. The Morgan fingerprint density at radius 1 is 0.833 bits per heavy atom. The van der Waals surface area contributed by atoms with Gasteiger partial charge in [0.25, 0.3) is 0 Å². The van der Waals surface area contributed by atoms with Crippen molar-refractivity contribution in [1.29, 1.82) is 0 Å². The Morgan fingerprint density at radius 3 is 1.60 bits per heavy atom. The molecule has 0 radical (unpaired) electrons. The SMILES string of the molecule is CCCO.Cc1ccc(CNCc2cc(C(F)(F)F)cc(C(F)(F)F)c2)cc1.NS. The molecule has 0 bridgehead atoms. The van der Waals surface area contributed by atoms with Crippen LogP contribution in [0.1, 0.15) is 41.2 Å². The number of aliphatic hydroxyl groups excluding tert-OH is 1. The van der Waals surface area contributed by atoms with Gasteiger partial charge in [-0.3, -0.25) is 5.14 Å². The molecule has 4 N–H and O–H groups in total. The Bertz CT molecular complexity index is 699. The number of aryl methyl sites for hydroxylation is 1. The van der Waals surface area contributed by atoms with Gasteiger partial charge in [0.2, 0.25) is 0 Å². The van der Waals surface area contributed by atoms with Gasteiger partial charge in [-0.15, -0.1) is 12.8 Å². The van der Waals surface area contributed by atoms with Crippen LogP contribution in [0.4, 0.5) is 26.3 Å². The molecule has 0 heterocycles. The highest BCUT2D eigenvalue weighted by atomic mass is 32.1. The summed E-state index contributed by atoms with van der Waals surface area (Å²) in [6.45, 7) is 4.41. The molecule has 2 aromatic carbocycles. The van der Waals surface area contributed by atoms with Crippen molar-refractivity contribution in [3.8, 4) is 0 Å². The van der Waals surface area contributed by atoms with Crippen LogP contribution in [0.2, 0.25) is 0 Å². The van der Waals surface area contributed by atoms with Gasteiger partial charge in [0.1, 0.15) is 0 Å². The number of halogens is 6. The van der Waals surface area contributed by atoms with Gasteiger partial charge >= 0.3 is 12.4 Å². The standard InChI is InChI=1S/C17H15F6N.C3H8O.H3NS/c1-11-2-4-12(5-3-11)9-24-10-13-6-14(16(18,19)20)8-15(7-13)17(21,22)23;1-2-3-4;1-2/h2-8,24H,9-10H2,1H3;4H,2-3H2,1H3;2H,1H2. The lowest BCUT2D eigenvalue weighted by Crippen LogP contribution is -2.16. The van der Waals surface area contributed by atoms with E-state index in [2.05, 4.69) is 23.3 Å². The fourth-order valence-electron chi connectivity index (χ4n) is 2.18. The van der Waals surface area contributed by atoms with Gasteiger partial charge in [-0.2, -0.15) is 26.3 Å². The molecule has 0 aromatic heterocycles. The first-order valence-corrected chi connectivity index (χ1v) is 9.40. The Kier molecular flexibility index (Phi) is 12.7. The number of nitrogens with one attached hydrogen (secondary N) is 1. The maximum absolute atomic E-state index is 12.8. The molecule has 0 fully saturated rings. The van der Waals surface area contributed by atoms with Gasteiger partial charge in [-0.1, -0.05) is 36.8 Å². The van der Waals surface area contributed by atoms with E-state index in [0.29, 0.717) is 13.2 Å². The Labute approximate surface area is 177 Å². The lowest BCUT2D eigenvalue weighted by atomic mass is 10.0. The van der Waals surface area contributed by atoms with Crippen LogP contribution in [0.5, 0.6) is 0 Å². The van der Waals surface area contributed by atoms with Crippen LogP contribution in [0.3, 0.4) is 0 Å². The summed E-state index contributed by atoms with van der Waals surface area (Å²) < 4.78 is 76.6. The third-order valence-electron chi connectivity index (χ3n) is 3.65. The maximum atomic E-state index is 12.8. The van der Waals surface area contributed by atoms with Crippen molar-refractivity contribution in [3.63, 3.8) is 0 Å². The highest BCUT2D eigenvalue weighted by Crippen LogP contribution is 2.36. The first-order chi connectivity index (χ1) is 14.0. The van der Waals surface area contributed by atoms with Crippen molar-refractivity contribution in [3.05, 3.63) is 70.3 Å². The van der Waals surface area contributed by atoms with E-state index < -0.39 is 23.5 Å². The number of thiol groups is 1. The number of rotatable bonds is 5. The second-order valence-electron chi connectivity index (χ2n) is 6.23. The van der Waals surface area contributed by atoms with Crippen molar-refractivity contribution in [2.24, 2.45) is 5.14 Å². The number of hydrogen-bond acceptors (Lipinski definition) is 4. The topological polar surface area (TPSA) is 58.3 Å². The van der Waals surface area contributed by atoms with E-state index in [1.165, 1.54) is 0 Å². The molecule has 30 heavy (non-hydrogen) atoms. The summed E-state index contributed by atoms with van der Waals surface area (Å²) in [4.78, 5) is 0. The summed E-state index contributed by atoms with van der Waals surface area (Å²) in [7, 11) is 0. The minimum atomic E-state index is -4.83. The van der Waals surface area contributed by atoms with Crippen molar-refractivity contribution in [2.75, 3.05) is 6.61 Å². The zero-order valence-electron chi connectivity index (χ0n) is 16.6. The number of hydrogen-bond donors (Lipinski definition) is 4. The molecule has 0 aliphatic rings. The largest absolute Gasteiger partial charge is 0.416 e. The first kappa shape index (κ1) is 28.2. The zero-order valence-corrected chi connectivity index (χ0v) is 17.5. The fourth-order valence-corrected chi connectivity index (χ4v) is 2.18. The molecule has 0 spiro atoms. The predicted octanol–water partition coefficient (Wildman–Crippen LogP) is 5.50. The minimum Gasteiger partial charge on any atom is -0.396 e. The van der Waals surface area contributed by atoms with Crippen molar-refractivity contribution < 1.29 is 31.4 Å². The van der Waals surface area contributed by atoms with E-state index in [1.54, 1.807) is 0 Å². The molecule has 0 aliphatic carbocycles. The second-order valence-corrected chi connectivity index (χ2v) is 6.23. The molecular formula is C20H26F6N2OS. The second kappa shape index (κ2) is 13.5. The van der Waals surface area contributed by atoms with Crippen LogP contribution in [0, 0.1) is 6.92 Å². The third-order valence-corrected chi connectivity index (χ3v) is 3.65. The van der Waals surface area contributed by atoms with E-state index >= 15 is 0 Å². The normalized spacial score (nSPS) is 11.2. The molecule has 0 amide bonds. The number of aliphatic hydroxyl groups is 1. The first-order valence-electron chi connectivity index (χ1n) is 8.88. The van der Waals surface area contributed by atoms with Crippen LogP contribution in [0.25, 0.3) is 0 Å². The quantitative estimate of drug-likeness (QED) is 0.355. The molecule has 10 heteroatoms. The highest BCUT2D eigenvalue weighted by molar-refractivity contribution is 7.77. The van der Waals surface area contributed by atoms with Crippen LogP contribution < -0.4 is 10.5 Å². The minimum absolute atomic E-state index is 0.0655. The Balaban J connectivity index is 0.00000125. The molecule has 2 aromatic rings. The summed E-state index contributed by atoms with van der Waals surface area (Å²) >= 11 is 3.03. The Hall–Kier alpha value is -1.75. The molecule has 0 unspecified atom stereocenters. The molecular weight excluding hydrogens is 430 g/mol. The summed E-state index contributed by atoms with van der Waals surface area (Å²) in [5, 5.41) is 14.9. The smallest absolute Gasteiger partial charge is 0.396 e. The Morgan fingerprint density at radius 2 is 1.23 bits per heavy atom. The summed E-state index contributed by atoms with van der Waals surface area (Å²) in [5.41, 5.74) is -0.715. The summed E-state index contributed by atoms with van der Waals surface area (Å²) in [6, 6.07) is 9.04. The lowest BCUT2D eigenvalue weighted by Gasteiger charge is -2.14. The van der Waals surface area contributed by atoms with Gasteiger partial charge in [0, 0.05) is 19.7 Å². The monoisotopic (exact) mass is 456 g/mol. The molecule has 2 rings (SSSR count). The van der Waals surface area contributed by atoms with Crippen molar-refractivity contribution >= 4 is 12.8 Å². The molecule has 0 saturated heterocycles. The fraction of sp³-hybridized carbons (Fsp3) is 0.400. The van der Waals surface area contributed by atoms with Gasteiger partial charge < -0.3 is 10.4 Å². The highest BCUT2D eigenvalue weighted by Gasteiger charge is 2.36. The van der Waals surface area contributed by atoms with E-state index in [1.807, 2.05) is 38.1 Å². The van der Waals surface area contributed by atoms with Crippen molar-refractivity contribution in [1.82, 2.24) is 5.32 Å². The zero-order chi connectivity index (χ0) is 23.4. The van der Waals surface area contributed by atoms with Gasteiger partial charge in [-0.25, -0.2) is 0 Å². The average molecular weight is 456 g/mol. The van der Waals surface area contributed by atoms with Gasteiger partial charge in [0.05, 0.1) is 11.1 Å². The molecule has 170 valence electrons. The van der Waals surface area contributed by atoms with Crippen LogP contribution in [0.15, 0.2) is 42.5 Å². The van der Waals surface area contributed by atoms with Gasteiger partial charge in [0.15, 0.2) is 0 Å². The summed E-state index contributed by atoms with van der Waals surface area (Å²) in [5.74, 6) is 0. The number of alkyl halides is 6. The van der Waals surface area contributed by atoms with Crippen molar-refractivity contribution in [2.45, 2.75) is 45.7 Å². The average Bonchev–Trinajstić information content (AvgIpc) is 2.70. The van der Waals surface area contributed by atoms with E-state index in [0.717, 1.165) is 29.7 Å². The predicted molar refractivity (Wildman–Crippen MR) is 109 cm³/mol. The van der Waals surface area contributed by atoms with Gasteiger partial charge in [-0.05, 0) is 42.7 Å². The van der Waals surface area contributed by atoms with E-state index in [9.17, 15) is 26.3 Å². The van der Waals surface area contributed by atoms with Crippen LogP contribution in [-0.2, 0) is 25.4 Å². The van der Waals surface area contributed by atoms with E-state index in [-0.39, 0.29) is 18.2 Å². The van der Waals surface area contributed by atoms with Crippen LogP contribution >= 0.6 is 12.8 Å². The molecule has 0 saturated carbocycles. The number of nitrogens with two attached hydrogens (primary N) is 1. The summed E-state index contributed by atoms with van der Waals surface area (Å²) in [6.07, 6.45) is -8.78.